The van der Waals surface area contributed by atoms with Crippen LogP contribution in [-0.2, 0) is 4.79 Å². The van der Waals surface area contributed by atoms with Crippen molar-refractivity contribution < 1.29 is 19.1 Å². The average molecular weight is 418 g/mol. The van der Waals surface area contributed by atoms with Crippen molar-refractivity contribution in [2.24, 2.45) is 0 Å². The number of amides is 2. The molecule has 0 N–H and O–H groups in total. The van der Waals surface area contributed by atoms with Gasteiger partial charge in [-0.05, 0) is 58.2 Å². The molecule has 0 spiro atoms. The Morgan fingerprint density at radius 1 is 0.900 bits per heavy atom. The van der Waals surface area contributed by atoms with Crippen molar-refractivity contribution >= 4 is 11.8 Å². The minimum absolute atomic E-state index is 0.000301. The molecule has 0 unspecified atom stereocenters. The van der Waals surface area contributed by atoms with Gasteiger partial charge in [0.15, 0.2) is 18.1 Å². The summed E-state index contributed by atoms with van der Waals surface area (Å²) in [5.41, 5.74) is 0.589. The predicted molar refractivity (Wildman–Crippen MR) is 116 cm³/mol. The second kappa shape index (κ2) is 10.7. The fraction of sp³-hybridized carbons (Fsp3) is 0.652. The Morgan fingerprint density at radius 3 is 2.23 bits per heavy atom. The molecule has 0 radical (unpaired) electrons. The van der Waals surface area contributed by atoms with E-state index in [-0.39, 0.29) is 18.4 Å². The molecular weight excluding hydrogens is 382 g/mol. The molecule has 2 fully saturated rings. The molecule has 30 heavy (non-hydrogen) atoms. The fourth-order valence-corrected chi connectivity index (χ4v) is 4.03. The molecule has 2 saturated heterocycles. The lowest BCUT2D eigenvalue weighted by atomic mass is 10.1. The number of hydrogen-bond acceptors (Lipinski definition) is 5. The zero-order valence-electron chi connectivity index (χ0n) is 18.6. The van der Waals surface area contributed by atoms with Gasteiger partial charge in [0, 0.05) is 50.9 Å². The summed E-state index contributed by atoms with van der Waals surface area (Å²) in [7, 11) is 0. The first kappa shape index (κ1) is 22.4. The van der Waals surface area contributed by atoms with Gasteiger partial charge in [-0.15, -0.1) is 0 Å². The van der Waals surface area contributed by atoms with Crippen molar-refractivity contribution in [3.05, 3.63) is 23.8 Å². The van der Waals surface area contributed by atoms with E-state index in [1.807, 2.05) is 16.7 Å². The SMILES string of the molecule is CCOc1cc(C(=O)N2CCN(C(C)C)CC2)ccc1OCC(=O)N1CCCCC1. The molecule has 0 aromatic heterocycles. The van der Waals surface area contributed by atoms with Crippen LogP contribution in [-0.4, -0.2) is 85.0 Å². The van der Waals surface area contributed by atoms with Crippen LogP contribution in [0.25, 0.3) is 0 Å². The average Bonchev–Trinajstić information content (AvgIpc) is 2.78. The normalized spacial score (nSPS) is 17.9. The smallest absolute Gasteiger partial charge is 0.260 e. The van der Waals surface area contributed by atoms with Crippen molar-refractivity contribution in [3.8, 4) is 11.5 Å². The van der Waals surface area contributed by atoms with Crippen molar-refractivity contribution in [3.63, 3.8) is 0 Å². The van der Waals surface area contributed by atoms with Gasteiger partial charge in [-0.1, -0.05) is 0 Å². The summed E-state index contributed by atoms with van der Waals surface area (Å²) in [6.07, 6.45) is 3.29. The fourth-order valence-electron chi connectivity index (χ4n) is 4.03. The van der Waals surface area contributed by atoms with Gasteiger partial charge in [-0.3, -0.25) is 14.5 Å². The van der Waals surface area contributed by atoms with Crippen LogP contribution in [0.1, 0.15) is 50.4 Å². The molecule has 0 atom stereocenters. The van der Waals surface area contributed by atoms with Crippen LogP contribution in [0.3, 0.4) is 0 Å². The van der Waals surface area contributed by atoms with Gasteiger partial charge in [0.05, 0.1) is 6.61 Å². The van der Waals surface area contributed by atoms with Crippen LogP contribution < -0.4 is 9.47 Å². The van der Waals surface area contributed by atoms with Crippen molar-refractivity contribution in [2.75, 3.05) is 52.5 Å². The molecule has 1 aromatic carbocycles. The number of ether oxygens (including phenoxy) is 2. The number of hydrogen-bond donors (Lipinski definition) is 0. The number of rotatable bonds is 7. The Morgan fingerprint density at radius 2 is 1.60 bits per heavy atom. The van der Waals surface area contributed by atoms with Crippen LogP contribution in [0.5, 0.6) is 11.5 Å². The third kappa shape index (κ3) is 5.65. The molecular formula is C23H35N3O4. The van der Waals surface area contributed by atoms with Gasteiger partial charge < -0.3 is 19.3 Å². The first-order valence-electron chi connectivity index (χ1n) is 11.2. The van der Waals surface area contributed by atoms with E-state index in [1.54, 1.807) is 18.2 Å². The molecule has 0 saturated carbocycles. The van der Waals surface area contributed by atoms with Gasteiger partial charge in [-0.2, -0.15) is 0 Å². The molecule has 3 rings (SSSR count). The van der Waals surface area contributed by atoms with Crippen LogP contribution in [0.4, 0.5) is 0 Å². The summed E-state index contributed by atoms with van der Waals surface area (Å²) < 4.78 is 11.5. The Balaban J connectivity index is 1.62. The molecule has 0 aliphatic carbocycles. The lowest BCUT2D eigenvalue weighted by molar-refractivity contribution is -0.134. The number of benzene rings is 1. The Bertz CT molecular complexity index is 723. The maximum Gasteiger partial charge on any atom is 0.260 e. The first-order chi connectivity index (χ1) is 14.5. The molecule has 0 bridgehead atoms. The molecule has 166 valence electrons. The predicted octanol–water partition coefficient (Wildman–Crippen LogP) is 2.64. The Kier molecular flexibility index (Phi) is 7.96. The molecule has 7 heteroatoms. The molecule has 2 amide bonds. The summed E-state index contributed by atoms with van der Waals surface area (Å²) in [5, 5.41) is 0. The van der Waals surface area contributed by atoms with Gasteiger partial charge in [-0.25, -0.2) is 0 Å². The highest BCUT2D eigenvalue weighted by atomic mass is 16.5. The van der Waals surface area contributed by atoms with E-state index in [0.717, 1.165) is 52.1 Å². The van der Waals surface area contributed by atoms with E-state index in [4.69, 9.17) is 9.47 Å². The molecule has 1 aromatic rings. The van der Waals surface area contributed by atoms with E-state index in [1.165, 1.54) is 6.42 Å². The quantitative estimate of drug-likeness (QED) is 0.683. The standard InChI is InChI=1S/C23H35N3O4/c1-4-29-21-16-19(23(28)26-14-12-24(13-15-26)18(2)3)8-9-20(21)30-17-22(27)25-10-6-5-7-11-25/h8-9,16,18H,4-7,10-15,17H2,1-3H3. The molecule has 7 nitrogen and oxygen atoms in total. The van der Waals surface area contributed by atoms with Crippen molar-refractivity contribution in [1.82, 2.24) is 14.7 Å². The minimum Gasteiger partial charge on any atom is -0.490 e. The maximum atomic E-state index is 13.0. The highest BCUT2D eigenvalue weighted by molar-refractivity contribution is 5.95. The monoisotopic (exact) mass is 417 g/mol. The number of carbonyl (C=O) groups excluding carboxylic acids is 2. The number of likely N-dealkylation sites (tertiary alicyclic amines) is 1. The van der Waals surface area contributed by atoms with Gasteiger partial charge >= 0.3 is 0 Å². The van der Waals surface area contributed by atoms with E-state index in [9.17, 15) is 9.59 Å². The summed E-state index contributed by atoms with van der Waals surface area (Å²) >= 11 is 0. The van der Waals surface area contributed by atoms with Crippen molar-refractivity contribution in [2.45, 2.75) is 46.1 Å². The van der Waals surface area contributed by atoms with E-state index in [2.05, 4.69) is 18.7 Å². The van der Waals surface area contributed by atoms with E-state index in [0.29, 0.717) is 29.7 Å². The minimum atomic E-state index is -0.00940. The summed E-state index contributed by atoms with van der Waals surface area (Å²) in [6, 6.07) is 5.74. The maximum absolute atomic E-state index is 13.0. The van der Waals surface area contributed by atoms with E-state index >= 15 is 0 Å². The first-order valence-corrected chi connectivity index (χ1v) is 11.2. The zero-order chi connectivity index (χ0) is 21.5. The van der Waals surface area contributed by atoms with Gasteiger partial charge in [0.1, 0.15) is 0 Å². The van der Waals surface area contributed by atoms with E-state index < -0.39 is 0 Å². The van der Waals surface area contributed by atoms with Gasteiger partial charge in [0.25, 0.3) is 11.8 Å². The molecule has 2 aliphatic rings. The topological polar surface area (TPSA) is 62.3 Å². The van der Waals surface area contributed by atoms with Crippen LogP contribution in [0, 0.1) is 0 Å². The van der Waals surface area contributed by atoms with Crippen LogP contribution in [0.2, 0.25) is 0 Å². The highest BCUT2D eigenvalue weighted by Gasteiger charge is 2.24. The zero-order valence-corrected chi connectivity index (χ0v) is 18.6. The third-order valence-corrected chi connectivity index (χ3v) is 5.88. The number of carbonyl (C=O) groups is 2. The summed E-state index contributed by atoms with van der Waals surface area (Å²) in [6.45, 7) is 11.5. The van der Waals surface area contributed by atoms with Crippen LogP contribution >= 0.6 is 0 Å². The van der Waals surface area contributed by atoms with Gasteiger partial charge in [0.2, 0.25) is 0 Å². The third-order valence-electron chi connectivity index (χ3n) is 5.88. The lowest BCUT2D eigenvalue weighted by Crippen LogP contribution is -2.50. The lowest BCUT2D eigenvalue weighted by Gasteiger charge is -2.37. The van der Waals surface area contributed by atoms with Crippen molar-refractivity contribution in [1.29, 1.82) is 0 Å². The number of piperidine rings is 1. The highest BCUT2D eigenvalue weighted by Crippen LogP contribution is 2.29. The second-order valence-electron chi connectivity index (χ2n) is 8.25. The number of nitrogens with zero attached hydrogens (tertiary/aromatic N) is 3. The molecule has 2 aliphatic heterocycles. The Hall–Kier alpha value is -2.28. The largest absolute Gasteiger partial charge is 0.490 e. The summed E-state index contributed by atoms with van der Waals surface area (Å²) in [5.74, 6) is 1.02. The summed E-state index contributed by atoms with van der Waals surface area (Å²) in [4.78, 5) is 31.5. The Labute approximate surface area is 179 Å². The molecule has 2 heterocycles. The number of piperazine rings is 1. The second-order valence-corrected chi connectivity index (χ2v) is 8.25. The van der Waals surface area contributed by atoms with Crippen LogP contribution in [0.15, 0.2) is 18.2 Å².